The second-order valence-corrected chi connectivity index (χ2v) is 6.25. The topological polar surface area (TPSA) is 61.7 Å². The molecule has 4 nitrogen and oxygen atoms in total. The Hall–Kier alpha value is -2.36. The van der Waals surface area contributed by atoms with E-state index in [2.05, 4.69) is 30.1 Å². The van der Waals surface area contributed by atoms with Gasteiger partial charge in [0.15, 0.2) is 0 Å². The number of phenols is 1. The number of benzene rings is 1. The Bertz CT molecular complexity index is 709. The zero-order valence-electron chi connectivity index (χ0n) is 14.8. The summed E-state index contributed by atoms with van der Waals surface area (Å²) in [6.07, 6.45) is 5.00. The molecule has 1 aromatic rings. The van der Waals surface area contributed by atoms with Crippen molar-refractivity contribution in [3.05, 3.63) is 63.2 Å². The van der Waals surface area contributed by atoms with Crippen LogP contribution in [-0.4, -0.2) is 18.2 Å². The quantitative estimate of drug-likeness (QED) is 0.411. The monoisotopic (exact) mass is 326 g/mol. The highest BCUT2D eigenvalue weighted by molar-refractivity contribution is 5.88. The number of allylic oxidation sites excluding steroid dienone is 4. The maximum Gasteiger partial charge on any atom is 0.118 e. The highest BCUT2D eigenvalue weighted by Gasteiger charge is 2.24. The van der Waals surface area contributed by atoms with Gasteiger partial charge in [0.05, 0.1) is 6.54 Å². The van der Waals surface area contributed by atoms with Gasteiger partial charge >= 0.3 is 0 Å². The lowest BCUT2D eigenvalue weighted by atomic mass is 9.88. The van der Waals surface area contributed by atoms with Crippen LogP contribution in [0.5, 0.6) is 5.75 Å². The van der Waals surface area contributed by atoms with Gasteiger partial charge in [0.1, 0.15) is 5.75 Å². The van der Waals surface area contributed by atoms with Crippen LogP contribution in [0.15, 0.2) is 46.8 Å². The predicted molar refractivity (Wildman–Crippen MR) is 99.9 cm³/mol. The molecular formula is C20H26N2O2. The SMILES string of the molecule is C=C(CC)/C(=C\NCCN=O)C(=C1CC1)c1cc(C)c(O)cc1C. The smallest absolute Gasteiger partial charge is 0.118 e. The fourth-order valence-corrected chi connectivity index (χ4v) is 2.73. The number of aryl methyl sites for hydroxylation is 2. The molecule has 0 aromatic heterocycles. The van der Waals surface area contributed by atoms with E-state index in [1.165, 1.54) is 11.1 Å². The number of hydrogen-bond donors (Lipinski definition) is 2. The van der Waals surface area contributed by atoms with Gasteiger partial charge in [0.25, 0.3) is 0 Å². The van der Waals surface area contributed by atoms with E-state index in [-0.39, 0.29) is 6.54 Å². The standard InChI is InChI=1S/C20H26N2O2/c1-5-13(2)18(12-21-8-9-22-24)20(16-6-7-16)17-10-15(4)19(23)11-14(17)3/h10-12,21,23H,2,5-9H2,1,3-4H3/b18-12+. The van der Waals surface area contributed by atoms with Gasteiger partial charge < -0.3 is 10.4 Å². The van der Waals surface area contributed by atoms with E-state index in [4.69, 9.17) is 0 Å². The maximum atomic E-state index is 10.3. The van der Waals surface area contributed by atoms with Crippen LogP contribution < -0.4 is 5.32 Å². The Labute approximate surface area is 144 Å². The van der Waals surface area contributed by atoms with Crippen molar-refractivity contribution in [2.75, 3.05) is 13.1 Å². The Morgan fingerprint density at radius 2 is 2.04 bits per heavy atom. The van der Waals surface area contributed by atoms with Crippen molar-refractivity contribution >= 4 is 5.57 Å². The van der Waals surface area contributed by atoms with Gasteiger partial charge in [-0.15, -0.1) is 0 Å². The molecule has 0 heterocycles. The van der Waals surface area contributed by atoms with Crippen molar-refractivity contribution in [3.8, 4) is 5.75 Å². The summed E-state index contributed by atoms with van der Waals surface area (Å²) in [4.78, 5) is 10.3. The molecule has 1 aliphatic carbocycles. The van der Waals surface area contributed by atoms with Crippen LogP contribution >= 0.6 is 0 Å². The number of aromatic hydroxyl groups is 1. The first-order valence-electron chi connectivity index (χ1n) is 8.43. The van der Waals surface area contributed by atoms with Gasteiger partial charge in [-0.25, -0.2) is 0 Å². The molecule has 0 amide bonds. The molecule has 0 atom stereocenters. The number of hydrogen-bond acceptors (Lipinski definition) is 4. The van der Waals surface area contributed by atoms with Gasteiger partial charge in [-0.2, -0.15) is 4.91 Å². The third kappa shape index (κ3) is 4.13. The minimum Gasteiger partial charge on any atom is -0.508 e. The molecule has 1 aromatic carbocycles. The van der Waals surface area contributed by atoms with E-state index >= 15 is 0 Å². The van der Waals surface area contributed by atoms with Gasteiger partial charge in [-0.1, -0.05) is 24.3 Å². The molecule has 1 aliphatic rings. The molecule has 1 fully saturated rings. The number of phenolic OH excluding ortho intramolecular Hbond substituents is 1. The van der Waals surface area contributed by atoms with E-state index < -0.39 is 0 Å². The van der Waals surface area contributed by atoms with E-state index in [1.54, 1.807) is 0 Å². The molecule has 0 aliphatic heterocycles. The zero-order chi connectivity index (χ0) is 17.7. The molecule has 2 rings (SSSR count). The van der Waals surface area contributed by atoms with E-state index in [0.29, 0.717) is 12.3 Å². The Balaban J connectivity index is 2.48. The molecule has 2 N–H and O–H groups in total. The maximum absolute atomic E-state index is 10.3. The molecule has 24 heavy (non-hydrogen) atoms. The fourth-order valence-electron chi connectivity index (χ4n) is 2.73. The summed E-state index contributed by atoms with van der Waals surface area (Å²) in [6, 6.07) is 3.87. The largest absolute Gasteiger partial charge is 0.508 e. The normalized spacial score (nSPS) is 13.6. The second kappa shape index (κ2) is 7.95. The van der Waals surface area contributed by atoms with Crippen LogP contribution in [0, 0.1) is 18.8 Å². The van der Waals surface area contributed by atoms with Gasteiger partial charge in [-0.3, -0.25) is 0 Å². The summed E-state index contributed by atoms with van der Waals surface area (Å²) < 4.78 is 0. The Morgan fingerprint density at radius 1 is 1.33 bits per heavy atom. The lowest BCUT2D eigenvalue weighted by Crippen LogP contribution is -2.12. The van der Waals surface area contributed by atoms with Crippen LogP contribution in [0.1, 0.15) is 42.9 Å². The molecule has 0 spiro atoms. The number of nitrogens with one attached hydrogen (secondary N) is 1. The van der Waals surface area contributed by atoms with Crippen LogP contribution in [0.2, 0.25) is 0 Å². The molecule has 0 saturated heterocycles. The van der Waals surface area contributed by atoms with Crippen molar-refractivity contribution in [2.24, 2.45) is 5.18 Å². The van der Waals surface area contributed by atoms with Crippen molar-refractivity contribution < 1.29 is 5.11 Å². The lowest BCUT2D eigenvalue weighted by Gasteiger charge is -2.18. The summed E-state index contributed by atoms with van der Waals surface area (Å²) >= 11 is 0. The van der Waals surface area contributed by atoms with Gasteiger partial charge in [-0.05, 0) is 73.1 Å². The van der Waals surface area contributed by atoms with Crippen LogP contribution in [0.25, 0.3) is 5.57 Å². The first-order chi connectivity index (χ1) is 11.5. The van der Waals surface area contributed by atoms with Crippen molar-refractivity contribution in [2.45, 2.75) is 40.0 Å². The average molecular weight is 326 g/mol. The molecule has 1 saturated carbocycles. The van der Waals surface area contributed by atoms with Gasteiger partial charge in [0.2, 0.25) is 0 Å². The second-order valence-electron chi connectivity index (χ2n) is 6.25. The number of nitroso groups, excluding NO2 is 1. The van der Waals surface area contributed by atoms with Crippen LogP contribution in [0.4, 0.5) is 0 Å². The zero-order valence-corrected chi connectivity index (χ0v) is 14.8. The van der Waals surface area contributed by atoms with Gasteiger partial charge in [0, 0.05) is 18.3 Å². The summed E-state index contributed by atoms with van der Waals surface area (Å²) in [5, 5.41) is 16.0. The van der Waals surface area contributed by atoms with Crippen LogP contribution in [0.3, 0.4) is 0 Å². The first kappa shape index (κ1) is 18.0. The molecule has 4 heteroatoms. The van der Waals surface area contributed by atoms with Crippen LogP contribution in [-0.2, 0) is 0 Å². The number of nitrogens with zero attached hydrogens (tertiary/aromatic N) is 1. The van der Waals surface area contributed by atoms with Crippen molar-refractivity contribution in [1.82, 2.24) is 5.32 Å². The minimum absolute atomic E-state index is 0.242. The number of rotatable bonds is 8. The molecule has 0 bridgehead atoms. The average Bonchev–Trinajstić information content (AvgIpc) is 3.38. The molecule has 0 radical (unpaired) electrons. The molecular weight excluding hydrogens is 300 g/mol. The highest BCUT2D eigenvalue weighted by Crippen LogP contribution is 2.44. The third-order valence-corrected chi connectivity index (χ3v) is 4.34. The fraction of sp³-hybridized carbons (Fsp3) is 0.400. The van der Waals surface area contributed by atoms with E-state index in [1.807, 2.05) is 26.1 Å². The summed E-state index contributed by atoms with van der Waals surface area (Å²) in [5.41, 5.74) is 7.85. The Morgan fingerprint density at radius 3 is 2.62 bits per heavy atom. The third-order valence-electron chi connectivity index (χ3n) is 4.34. The highest BCUT2D eigenvalue weighted by atomic mass is 16.3. The Kier molecular flexibility index (Phi) is 5.96. The summed E-state index contributed by atoms with van der Waals surface area (Å²) in [5.74, 6) is 0.325. The van der Waals surface area contributed by atoms with Crippen molar-refractivity contribution in [1.29, 1.82) is 0 Å². The lowest BCUT2D eigenvalue weighted by molar-refractivity contribution is 0.470. The van der Waals surface area contributed by atoms with E-state index in [0.717, 1.165) is 47.1 Å². The molecule has 0 unspecified atom stereocenters. The first-order valence-corrected chi connectivity index (χ1v) is 8.43. The predicted octanol–water partition coefficient (Wildman–Crippen LogP) is 4.76. The summed E-state index contributed by atoms with van der Waals surface area (Å²) in [6.45, 7) is 11.0. The van der Waals surface area contributed by atoms with E-state index in [9.17, 15) is 10.0 Å². The summed E-state index contributed by atoms with van der Waals surface area (Å²) in [7, 11) is 0. The molecule has 128 valence electrons. The van der Waals surface area contributed by atoms with Crippen molar-refractivity contribution in [3.63, 3.8) is 0 Å². The minimum atomic E-state index is 0.242.